The molecule has 94 valence electrons. The summed E-state index contributed by atoms with van der Waals surface area (Å²) in [5.74, 6) is 0.997. The van der Waals surface area contributed by atoms with Crippen LogP contribution >= 0.6 is 27.3 Å². The van der Waals surface area contributed by atoms with E-state index in [2.05, 4.69) is 32.3 Å². The average molecular weight is 314 g/mol. The number of piperidine rings is 1. The van der Waals surface area contributed by atoms with Crippen molar-refractivity contribution >= 4 is 27.3 Å². The topological polar surface area (TPSA) is 3.24 Å². The van der Waals surface area contributed by atoms with Gasteiger partial charge in [0.15, 0.2) is 0 Å². The molecule has 3 rings (SSSR count). The van der Waals surface area contributed by atoms with Crippen LogP contribution in [0.1, 0.15) is 43.4 Å². The van der Waals surface area contributed by atoms with Gasteiger partial charge in [0.25, 0.3) is 0 Å². The van der Waals surface area contributed by atoms with Crippen molar-refractivity contribution in [2.24, 2.45) is 5.92 Å². The van der Waals surface area contributed by atoms with E-state index < -0.39 is 0 Å². The lowest BCUT2D eigenvalue weighted by molar-refractivity contribution is 0.0554. The monoisotopic (exact) mass is 313 g/mol. The minimum atomic E-state index is 0.881. The van der Waals surface area contributed by atoms with Gasteiger partial charge in [-0.15, -0.1) is 11.3 Å². The first kappa shape index (κ1) is 12.2. The fraction of sp³-hybridized carbons (Fsp3) is 0.714. The van der Waals surface area contributed by atoms with Crippen molar-refractivity contribution in [3.63, 3.8) is 0 Å². The fourth-order valence-electron chi connectivity index (χ4n) is 3.55. The maximum atomic E-state index is 3.66. The molecule has 2 atom stereocenters. The summed E-state index contributed by atoms with van der Waals surface area (Å²) in [6, 6.07) is 3.06. The largest absolute Gasteiger partial charge is 0.295 e. The summed E-state index contributed by atoms with van der Waals surface area (Å²) in [6.45, 7) is 2.48. The molecule has 1 nitrogen and oxygen atoms in total. The van der Waals surface area contributed by atoms with Gasteiger partial charge in [-0.05, 0) is 65.5 Å². The molecule has 1 aliphatic carbocycles. The van der Waals surface area contributed by atoms with Gasteiger partial charge in [0.05, 0.1) is 0 Å². The van der Waals surface area contributed by atoms with Crippen LogP contribution in [0.4, 0.5) is 0 Å². The van der Waals surface area contributed by atoms with E-state index in [0.717, 1.165) is 12.0 Å². The van der Waals surface area contributed by atoms with Crippen molar-refractivity contribution in [1.82, 2.24) is 4.90 Å². The number of nitrogens with zero attached hydrogens (tertiary/aromatic N) is 1. The van der Waals surface area contributed by atoms with Gasteiger partial charge in [-0.25, -0.2) is 0 Å². The molecular formula is C14H20BrNS. The molecule has 2 fully saturated rings. The molecule has 0 N–H and O–H groups in total. The molecule has 1 aliphatic heterocycles. The SMILES string of the molecule is Brc1ccsc1CN1CCC[C@H]2CCCC[C@H]21. The molecule has 3 heteroatoms. The molecule has 0 unspecified atom stereocenters. The van der Waals surface area contributed by atoms with Gasteiger partial charge >= 0.3 is 0 Å². The van der Waals surface area contributed by atoms with Gasteiger partial charge in [0.1, 0.15) is 0 Å². The molecule has 0 spiro atoms. The molecule has 1 saturated carbocycles. The van der Waals surface area contributed by atoms with Crippen LogP contribution in [0.25, 0.3) is 0 Å². The summed E-state index contributed by atoms with van der Waals surface area (Å²) >= 11 is 5.56. The smallest absolute Gasteiger partial charge is 0.0342 e. The lowest BCUT2D eigenvalue weighted by Gasteiger charge is -2.44. The zero-order valence-corrected chi connectivity index (χ0v) is 12.6. The summed E-state index contributed by atoms with van der Waals surface area (Å²) in [5, 5.41) is 2.20. The third-order valence-corrected chi connectivity index (χ3v) is 6.31. The molecule has 2 heterocycles. The van der Waals surface area contributed by atoms with Crippen LogP contribution in [0.3, 0.4) is 0 Å². The van der Waals surface area contributed by atoms with Crippen molar-refractivity contribution in [2.45, 2.75) is 51.1 Å². The lowest BCUT2D eigenvalue weighted by Crippen LogP contribution is -2.46. The molecule has 2 aliphatic rings. The third-order valence-electron chi connectivity index (χ3n) is 4.40. The van der Waals surface area contributed by atoms with Crippen LogP contribution in [0, 0.1) is 5.92 Å². The maximum Gasteiger partial charge on any atom is 0.0342 e. The zero-order valence-electron chi connectivity index (χ0n) is 10.2. The third kappa shape index (κ3) is 2.61. The predicted molar refractivity (Wildman–Crippen MR) is 77.4 cm³/mol. The van der Waals surface area contributed by atoms with Crippen LogP contribution in [0.15, 0.2) is 15.9 Å². The molecule has 0 bridgehead atoms. The Morgan fingerprint density at radius 1 is 1.24 bits per heavy atom. The molecule has 0 radical (unpaired) electrons. The highest BCUT2D eigenvalue weighted by atomic mass is 79.9. The van der Waals surface area contributed by atoms with Gasteiger partial charge in [-0.2, -0.15) is 0 Å². The lowest BCUT2D eigenvalue weighted by atomic mass is 9.78. The second-order valence-corrected chi connectivity index (χ2v) is 7.27. The minimum Gasteiger partial charge on any atom is -0.295 e. The van der Waals surface area contributed by atoms with Crippen LogP contribution in [0.2, 0.25) is 0 Å². The number of hydrogen-bond donors (Lipinski definition) is 0. The Bertz CT molecular complexity index is 374. The summed E-state index contributed by atoms with van der Waals surface area (Å²) in [5.41, 5.74) is 0. The van der Waals surface area contributed by atoms with Crippen molar-refractivity contribution < 1.29 is 0 Å². The Kier molecular flexibility index (Phi) is 3.88. The Labute approximate surface area is 116 Å². The number of rotatable bonds is 2. The molecule has 0 amide bonds. The average Bonchev–Trinajstić information content (AvgIpc) is 2.76. The van der Waals surface area contributed by atoms with E-state index in [1.54, 1.807) is 0 Å². The van der Waals surface area contributed by atoms with E-state index >= 15 is 0 Å². The van der Waals surface area contributed by atoms with Gasteiger partial charge in [-0.3, -0.25) is 4.90 Å². The van der Waals surface area contributed by atoms with E-state index in [-0.39, 0.29) is 0 Å². The first-order valence-corrected chi connectivity index (χ1v) is 8.48. The van der Waals surface area contributed by atoms with Crippen LogP contribution in [-0.4, -0.2) is 17.5 Å². The van der Waals surface area contributed by atoms with Crippen LogP contribution in [-0.2, 0) is 6.54 Å². The minimum absolute atomic E-state index is 0.881. The van der Waals surface area contributed by atoms with Gasteiger partial charge in [-0.1, -0.05) is 12.8 Å². The van der Waals surface area contributed by atoms with E-state index in [4.69, 9.17) is 0 Å². The highest BCUT2D eigenvalue weighted by Gasteiger charge is 2.33. The van der Waals surface area contributed by atoms with E-state index in [1.165, 1.54) is 61.0 Å². The first-order chi connectivity index (χ1) is 8.34. The molecule has 1 saturated heterocycles. The van der Waals surface area contributed by atoms with Crippen molar-refractivity contribution in [1.29, 1.82) is 0 Å². The highest BCUT2D eigenvalue weighted by Crippen LogP contribution is 2.37. The second kappa shape index (κ2) is 5.41. The Morgan fingerprint density at radius 3 is 2.88 bits per heavy atom. The summed E-state index contributed by atoms with van der Waals surface area (Å²) in [6.07, 6.45) is 8.72. The Hall–Kier alpha value is 0.140. The van der Waals surface area contributed by atoms with E-state index in [0.29, 0.717) is 0 Å². The van der Waals surface area contributed by atoms with Gasteiger partial charge < -0.3 is 0 Å². The number of fused-ring (bicyclic) bond motifs is 1. The number of hydrogen-bond acceptors (Lipinski definition) is 2. The van der Waals surface area contributed by atoms with Crippen molar-refractivity contribution in [3.05, 3.63) is 20.8 Å². The number of halogens is 1. The number of thiophene rings is 1. The zero-order chi connectivity index (χ0) is 11.7. The van der Waals surface area contributed by atoms with Crippen molar-refractivity contribution in [3.8, 4) is 0 Å². The Morgan fingerprint density at radius 2 is 2.06 bits per heavy atom. The van der Waals surface area contributed by atoms with Gasteiger partial charge in [0, 0.05) is 21.9 Å². The highest BCUT2D eigenvalue weighted by molar-refractivity contribution is 9.10. The Balaban J connectivity index is 1.71. The summed E-state index contributed by atoms with van der Waals surface area (Å²) in [7, 11) is 0. The van der Waals surface area contributed by atoms with Crippen LogP contribution in [0.5, 0.6) is 0 Å². The summed E-state index contributed by atoms with van der Waals surface area (Å²) in [4.78, 5) is 4.26. The molecular weight excluding hydrogens is 294 g/mol. The van der Waals surface area contributed by atoms with Crippen LogP contribution < -0.4 is 0 Å². The van der Waals surface area contributed by atoms with E-state index in [1.807, 2.05) is 11.3 Å². The molecule has 0 aromatic carbocycles. The predicted octanol–water partition coefficient (Wildman–Crippen LogP) is 4.67. The second-order valence-electron chi connectivity index (χ2n) is 5.42. The molecule has 1 aromatic rings. The fourth-order valence-corrected chi connectivity index (χ4v) is 5.05. The number of likely N-dealkylation sites (tertiary alicyclic amines) is 1. The quantitative estimate of drug-likeness (QED) is 0.767. The molecule has 17 heavy (non-hydrogen) atoms. The molecule has 1 aromatic heterocycles. The normalized spacial score (nSPS) is 30.2. The summed E-state index contributed by atoms with van der Waals surface area (Å²) < 4.78 is 1.31. The van der Waals surface area contributed by atoms with Gasteiger partial charge in [0.2, 0.25) is 0 Å². The van der Waals surface area contributed by atoms with E-state index in [9.17, 15) is 0 Å². The first-order valence-electron chi connectivity index (χ1n) is 6.80. The standard InChI is InChI=1S/C14H20BrNS/c15-12-7-9-17-14(12)10-16-8-3-5-11-4-1-2-6-13(11)16/h7,9,11,13H,1-6,8,10H2/t11-,13-/m1/s1. The van der Waals surface area contributed by atoms with Crippen molar-refractivity contribution in [2.75, 3.05) is 6.54 Å². The maximum absolute atomic E-state index is 3.66.